The minimum absolute atomic E-state index is 0.163. The summed E-state index contributed by atoms with van der Waals surface area (Å²) in [4.78, 5) is 31.2. The average Bonchev–Trinajstić information content (AvgIpc) is 2.97. The van der Waals surface area contributed by atoms with Crippen LogP contribution in [-0.2, 0) is 0 Å². The zero-order valence-electron chi connectivity index (χ0n) is 16.6. The van der Waals surface area contributed by atoms with E-state index in [9.17, 15) is 9.59 Å². The second kappa shape index (κ2) is 9.35. The number of carbonyl (C=O) groups is 2. The Labute approximate surface area is 166 Å². The molecule has 1 aliphatic rings. The predicted octanol–water partition coefficient (Wildman–Crippen LogP) is 3.85. The Morgan fingerprint density at radius 1 is 0.929 bits per heavy atom. The summed E-state index contributed by atoms with van der Waals surface area (Å²) in [7, 11) is 3.93. The standard InChI is InChI=1S/C22H28N4O2/c1-26(2)20-11-9-19(10-12-20)25-22(28)17-13-16(14-23-15-17)21(27)24-18-7-5-3-4-6-8-18/h9-15,18H,3-8H2,1-2H3,(H,24,27)(H,25,28). The number of hydrogen-bond acceptors (Lipinski definition) is 4. The van der Waals surface area contributed by atoms with Gasteiger partial charge in [0, 0.05) is 43.9 Å². The van der Waals surface area contributed by atoms with Crippen molar-refractivity contribution in [2.24, 2.45) is 0 Å². The van der Waals surface area contributed by atoms with Crippen molar-refractivity contribution in [2.75, 3.05) is 24.3 Å². The van der Waals surface area contributed by atoms with E-state index in [2.05, 4.69) is 15.6 Å². The Bertz CT molecular complexity index is 810. The number of hydrogen-bond donors (Lipinski definition) is 2. The molecule has 1 aliphatic carbocycles. The quantitative estimate of drug-likeness (QED) is 0.773. The number of nitrogens with one attached hydrogen (secondary N) is 2. The molecule has 3 rings (SSSR count). The van der Waals surface area contributed by atoms with Crippen molar-refractivity contribution in [1.29, 1.82) is 0 Å². The van der Waals surface area contributed by atoms with Crippen molar-refractivity contribution in [3.8, 4) is 0 Å². The van der Waals surface area contributed by atoms with Crippen LogP contribution in [0.5, 0.6) is 0 Å². The maximum atomic E-state index is 12.6. The van der Waals surface area contributed by atoms with E-state index in [0.717, 1.165) is 31.4 Å². The van der Waals surface area contributed by atoms with Crippen molar-refractivity contribution >= 4 is 23.2 Å². The van der Waals surface area contributed by atoms with Gasteiger partial charge in [0.2, 0.25) is 0 Å². The third-order valence-corrected chi connectivity index (χ3v) is 5.09. The summed E-state index contributed by atoms with van der Waals surface area (Å²) < 4.78 is 0. The van der Waals surface area contributed by atoms with E-state index < -0.39 is 0 Å². The van der Waals surface area contributed by atoms with Gasteiger partial charge in [-0.3, -0.25) is 14.6 Å². The lowest BCUT2D eigenvalue weighted by Crippen LogP contribution is -2.34. The van der Waals surface area contributed by atoms with Gasteiger partial charge in [0.25, 0.3) is 11.8 Å². The second-order valence-corrected chi connectivity index (χ2v) is 7.52. The molecule has 1 aromatic carbocycles. The SMILES string of the molecule is CN(C)c1ccc(NC(=O)c2cncc(C(=O)NC3CCCCCC3)c2)cc1. The molecule has 0 saturated heterocycles. The molecule has 6 heteroatoms. The number of benzene rings is 1. The molecule has 1 heterocycles. The monoisotopic (exact) mass is 380 g/mol. The topological polar surface area (TPSA) is 74.3 Å². The van der Waals surface area contributed by atoms with Gasteiger partial charge in [-0.1, -0.05) is 25.7 Å². The van der Waals surface area contributed by atoms with Crippen molar-refractivity contribution in [3.63, 3.8) is 0 Å². The maximum absolute atomic E-state index is 12.6. The Balaban J connectivity index is 1.64. The van der Waals surface area contributed by atoms with E-state index in [1.165, 1.54) is 25.2 Å². The molecule has 6 nitrogen and oxygen atoms in total. The Morgan fingerprint density at radius 2 is 1.54 bits per heavy atom. The smallest absolute Gasteiger partial charge is 0.257 e. The molecular weight excluding hydrogens is 352 g/mol. The zero-order valence-corrected chi connectivity index (χ0v) is 16.6. The maximum Gasteiger partial charge on any atom is 0.257 e. The van der Waals surface area contributed by atoms with E-state index in [-0.39, 0.29) is 17.9 Å². The van der Waals surface area contributed by atoms with E-state index >= 15 is 0 Å². The molecule has 2 amide bonds. The average molecular weight is 380 g/mol. The fourth-order valence-corrected chi connectivity index (χ4v) is 3.43. The fourth-order valence-electron chi connectivity index (χ4n) is 3.43. The first kappa shape index (κ1) is 19.9. The summed E-state index contributed by atoms with van der Waals surface area (Å²) in [6.45, 7) is 0. The lowest BCUT2D eigenvalue weighted by Gasteiger charge is -2.16. The molecule has 1 fully saturated rings. The molecule has 2 aromatic rings. The van der Waals surface area contributed by atoms with Crippen LogP contribution in [0.1, 0.15) is 59.2 Å². The summed E-state index contributed by atoms with van der Waals surface area (Å²) in [5.74, 6) is -0.446. The van der Waals surface area contributed by atoms with Crippen LogP contribution in [-0.4, -0.2) is 36.9 Å². The summed E-state index contributed by atoms with van der Waals surface area (Å²) in [5, 5.41) is 5.94. The largest absolute Gasteiger partial charge is 0.378 e. The zero-order chi connectivity index (χ0) is 19.9. The Hall–Kier alpha value is -2.89. The van der Waals surface area contributed by atoms with E-state index in [0.29, 0.717) is 16.8 Å². The highest BCUT2D eigenvalue weighted by molar-refractivity contribution is 6.05. The van der Waals surface area contributed by atoms with Gasteiger partial charge in [-0.2, -0.15) is 0 Å². The number of aromatic nitrogens is 1. The Kier molecular flexibility index (Phi) is 6.63. The van der Waals surface area contributed by atoms with Crippen LogP contribution in [0.25, 0.3) is 0 Å². The van der Waals surface area contributed by atoms with Gasteiger partial charge in [0.15, 0.2) is 0 Å². The van der Waals surface area contributed by atoms with E-state index in [1.54, 1.807) is 6.07 Å². The normalized spacial score (nSPS) is 14.8. The first-order chi connectivity index (χ1) is 13.5. The Morgan fingerprint density at radius 3 is 2.14 bits per heavy atom. The van der Waals surface area contributed by atoms with Crippen LogP contribution >= 0.6 is 0 Å². The molecule has 0 radical (unpaired) electrons. The molecule has 28 heavy (non-hydrogen) atoms. The van der Waals surface area contributed by atoms with Crippen LogP contribution in [0, 0.1) is 0 Å². The van der Waals surface area contributed by atoms with Gasteiger partial charge >= 0.3 is 0 Å². The molecule has 1 aromatic heterocycles. The molecule has 1 saturated carbocycles. The van der Waals surface area contributed by atoms with Gasteiger partial charge in [0.05, 0.1) is 11.1 Å². The van der Waals surface area contributed by atoms with Crippen LogP contribution in [0.4, 0.5) is 11.4 Å². The summed E-state index contributed by atoms with van der Waals surface area (Å²) >= 11 is 0. The van der Waals surface area contributed by atoms with Crippen LogP contribution < -0.4 is 15.5 Å². The predicted molar refractivity (Wildman–Crippen MR) is 112 cm³/mol. The number of anilines is 2. The van der Waals surface area contributed by atoms with Crippen molar-refractivity contribution < 1.29 is 9.59 Å². The number of nitrogens with zero attached hydrogens (tertiary/aromatic N) is 2. The number of amides is 2. The van der Waals surface area contributed by atoms with Gasteiger partial charge < -0.3 is 15.5 Å². The second-order valence-electron chi connectivity index (χ2n) is 7.52. The van der Waals surface area contributed by atoms with E-state index in [4.69, 9.17) is 0 Å². The third-order valence-electron chi connectivity index (χ3n) is 5.09. The molecular formula is C22H28N4O2. The van der Waals surface area contributed by atoms with Crippen molar-refractivity contribution in [1.82, 2.24) is 10.3 Å². The molecule has 0 atom stereocenters. The first-order valence-corrected chi connectivity index (χ1v) is 9.87. The molecule has 0 unspecified atom stereocenters. The summed E-state index contributed by atoms with van der Waals surface area (Å²) in [5.41, 5.74) is 2.53. The van der Waals surface area contributed by atoms with E-state index in [1.807, 2.05) is 43.3 Å². The molecule has 0 aliphatic heterocycles. The molecule has 2 N–H and O–H groups in total. The van der Waals surface area contributed by atoms with Crippen molar-refractivity contribution in [2.45, 2.75) is 44.6 Å². The summed E-state index contributed by atoms with van der Waals surface area (Å²) in [6.07, 6.45) is 9.79. The molecule has 0 bridgehead atoms. The summed E-state index contributed by atoms with van der Waals surface area (Å²) in [6, 6.07) is 9.38. The lowest BCUT2D eigenvalue weighted by molar-refractivity contribution is 0.0933. The highest BCUT2D eigenvalue weighted by Crippen LogP contribution is 2.18. The van der Waals surface area contributed by atoms with Gasteiger partial charge in [-0.15, -0.1) is 0 Å². The lowest BCUT2D eigenvalue weighted by atomic mass is 10.1. The number of carbonyl (C=O) groups excluding carboxylic acids is 2. The first-order valence-electron chi connectivity index (χ1n) is 9.87. The van der Waals surface area contributed by atoms with Crippen LogP contribution in [0.15, 0.2) is 42.7 Å². The third kappa shape index (κ3) is 5.31. The highest BCUT2D eigenvalue weighted by atomic mass is 16.2. The highest BCUT2D eigenvalue weighted by Gasteiger charge is 2.17. The fraction of sp³-hybridized carbons (Fsp3) is 0.409. The molecule has 148 valence electrons. The van der Waals surface area contributed by atoms with Gasteiger partial charge in [-0.25, -0.2) is 0 Å². The van der Waals surface area contributed by atoms with Crippen molar-refractivity contribution in [3.05, 3.63) is 53.9 Å². The van der Waals surface area contributed by atoms with Gasteiger partial charge in [-0.05, 0) is 43.2 Å². The minimum Gasteiger partial charge on any atom is -0.378 e. The van der Waals surface area contributed by atoms with Crippen LogP contribution in [0.3, 0.4) is 0 Å². The van der Waals surface area contributed by atoms with Crippen LogP contribution in [0.2, 0.25) is 0 Å². The minimum atomic E-state index is -0.283. The molecule has 0 spiro atoms. The number of pyridine rings is 1. The number of rotatable bonds is 5. The van der Waals surface area contributed by atoms with Gasteiger partial charge in [0.1, 0.15) is 0 Å².